The van der Waals surface area contributed by atoms with Gasteiger partial charge in [-0.3, -0.25) is 13.8 Å². The average molecular weight is 516 g/mol. The third kappa shape index (κ3) is 7.84. The fourth-order valence-corrected chi connectivity index (χ4v) is 8.82. The van der Waals surface area contributed by atoms with Crippen molar-refractivity contribution in [3.63, 3.8) is 0 Å². The van der Waals surface area contributed by atoms with E-state index in [1.54, 1.807) is 33.9 Å². The van der Waals surface area contributed by atoms with Crippen LogP contribution in [0.1, 0.15) is 59.4 Å². The Morgan fingerprint density at radius 3 is 1.82 bits per heavy atom. The molecule has 1 heterocycles. The van der Waals surface area contributed by atoms with Crippen LogP contribution in [0.2, 0.25) is 0 Å². The third-order valence-electron chi connectivity index (χ3n) is 5.17. The lowest BCUT2D eigenvalue weighted by Crippen LogP contribution is -2.23. The highest BCUT2D eigenvalue weighted by Gasteiger charge is 2.51. The first-order valence-electron chi connectivity index (χ1n) is 12.1. The zero-order valence-electron chi connectivity index (χ0n) is 21.0. The Balaban J connectivity index is 2.32. The predicted octanol–water partition coefficient (Wildman–Crippen LogP) is 6.54. The topological polar surface area (TPSA) is 102 Å². The van der Waals surface area contributed by atoms with Gasteiger partial charge in [-0.25, -0.2) is 0 Å². The summed E-state index contributed by atoms with van der Waals surface area (Å²) < 4.78 is 51.0. The molecule has 2 rings (SSSR count). The molecular formula is C23H39N3O6P2. The quantitative estimate of drug-likeness (QED) is 0.173. The molecule has 0 atom stereocenters. The first kappa shape index (κ1) is 28.9. The highest BCUT2D eigenvalue weighted by molar-refractivity contribution is 7.72. The summed E-state index contributed by atoms with van der Waals surface area (Å²) in [5.74, 6) is 0. The fourth-order valence-electron chi connectivity index (χ4n) is 3.62. The molecule has 1 aromatic heterocycles. The summed E-state index contributed by atoms with van der Waals surface area (Å²) in [7, 11) is -7.72. The van der Waals surface area contributed by atoms with Crippen molar-refractivity contribution in [1.82, 2.24) is 15.0 Å². The Kier molecular flexibility index (Phi) is 12.1. The van der Waals surface area contributed by atoms with Crippen LogP contribution >= 0.6 is 15.2 Å². The lowest BCUT2D eigenvalue weighted by atomic mass is 10.0. The van der Waals surface area contributed by atoms with E-state index in [0.717, 1.165) is 12.0 Å². The predicted molar refractivity (Wildman–Crippen MR) is 134 cm³/mol. The molecule has 0 aliphatic rings. The van der Waals surface area contributed by atoms with Crippen LogP contribution in [0.5, 0.6) is 0 Å². The van der Waals surface area contributed by atoms with E-state index >= 15 is 0 Å². The summed E-state index contributed by atoms with van der Waals surface area (Å²) in [5, 5.41) is 7.26. The van der Waals surface area contributed by atoms with Crippen molar-refractivity contribution in [1.29, 1.82) is 0 Å². The monoisotopic (exact) mass is 515 g/mol. The molecule has 0 unspecified atom stereocenters. The van der Waals surface area contributed by atoms with Crippen LogP contribution in [-0.2, 0) is 40.2 Å². The van der Waals surface area contributed by atoms with E-state index in [9.17, 15) is 9.13 Å². The van der Waals surface area contributed by atoms with Gasteiger partial charge in [-0.2, -0.15) is 0 Å². The van der Waals surface area contributed by atoms with Gasteiger partial charge < -0.3 is 18.1 Å². The Hall–Kier alpha value is -1.34. The number of unbranched alkanes of at least 4 members (excludes halogenated alkanes) is 2. The summed E-state index contributed by atoms with van der Waals surface area (Å²) in [5.41, 5.74) is 2.86. The van der Waals surface area contributed by atoms with Crippen LogP contribution in [0.15, 0.2) is 30.5 Å². The number of nitrogens with zero attached hydrogens (tertiary/aromatic N) is 3. The van der Waals surface area contributed by atoms with Crippen LogP contribution < -0.4 is 0 Å². The molecular weight excluding hydrogens is 476 g/mol. The van der Waals surface area contributed by atoms with Crippen molar-refractivity contribution < 1.29 is 27.2 Å². The first-order chi connectivity index (χ1) is 16.4. The Morgan fingerprint density at radius 1 is 0.824 bits per heavy atom. The van der Waals surface area contributed by atoms with Crippen molar-refractivity contribution in [3.05, 3.63) is 36.0 Å². The Labute approximate surface area is 203 Å². The van der Waals surface area contributed by atoms with Gasteiger partial charge in [0.1, 0.15) is 5.69 Å². The maximum Gasteiger partial charge on any atom is 0.347 e. The van der Waals surface area contributed by atoms with Crippen LogP contribution in [0.25, 0.3) is 11.3 Å². The summed E-state index contributed by atoms with van der Waals surface area (Å²) in [4.78, 5) is 0. The van der Waals surface area contributed by atoms with Gasteiger partial charge in [0, 0.05) is 5.56 Å². The van der Waals surface area contributed by atoms with E-state index in [0.29, 0.717) is 5.69 Å². The number of aromatic nitrogens is 3. The zero-order chi connectivity index (χ0) is 25.0. The van der Waals surface area contributed by atoms with Gasteiger partial charge in [0.2, 0.25) is 0 Å². The molecule has 0 N–H and O–H groups in total. The Morgan fingerprint density at radius 2 is 1.35 bits per heavy atom. The van der Waals surface area contributed by atoms with Crippen molar-refractivity contribution in [3.8, 4) is 11.3 Å². The first-order valence-corrected chi connectivity index (χ1v) is 15.3. The van der Waals surface area contributed by atoms with Gasteiger partial charge in [-0.15, -0.1) is 5.10 Å². The lowest BCUT2D eigenvalue weighted by Gasteiger charge is -2.31. The molecule has 0 saturated carbocycles. The molecule has 11 heteroatoms. The standard InChI is InChI=1S/C23H39N3O6P2/c1-6-11-12-13-20-14-16-21(17-15-20)22-18-26(25-24-22)19-23(33(27,29-7-2)30-8-3)34(28,31-9-4)32-10-5/h14-18,23H,6-13,19H2,1-5H3. The van der Waals surface area contributed by atoms with Crippen molar-refractivity contribution >= 4 is 15.2 Å². The van der Waals surface area contributed by atoms with E-state index in [1.165, 1.54) is 29.5 Å². The molecule has 0 aliphatic heterocycles. The van der Waals surface area contributed by atoms with Crippen molar-refractivity contribution in [2.75, 3.05) is 26.4 Å². The van der Waals surface area contributed by atoms with E-state index in [4.69, 9.17) is 18.1 Å². The fraction of sp³-hybridized carbons (Fsp3) is 0.652. The smallest absolute Gasteiger partial charge is 0.308 e. The minimum Gasteiger partial charge on any atom is -0.308 e. The van der Waals surface area contributed by atoms with E-state index in [1.807, 2.05) is 12.1 Å². The normalized spacial score (nSPS) is 12.5. The van der Waals surface area contributed by atoms with Gasteiger partial charge in [0.05, 0.1) is 39.2 Å². The van der Waals surface area contributed by atoms with Crippen LogP contribution in [0.4, 0.5) is 0 Å². The molecule has 0 saturated heterocycles. The van der Waals surface area contributed by atoms with E-state index in [2.05, 4.69) is 29.4 Å². The molecule has 34 heavy (non-hydrogen) atoms. The lowest BCUT2D eigenvalue weighted by molar-refractivity contribution is 0.191. The molecule has 2 aromatic rings. The molecule has 0 radical (unpaired) electrons. The zero-order valence-corrected chi connectivity index (χ0v) is 22.8. The second-order valence-electron chi connectivity index (χ2n) is 7.71. The number of hydrogen-bond acceptors (Lipinski definition) is 8. The molecule has 9 nitrogen and oxygen atoms in total. The molecule has 1 aromatic carbocycles. The summed E-state index contributed by atoms with van der Waals surface area (Å²) in [6.07, 6.45) is 6.37. The van der Waals surface area contributed by atoms with Gasteiger partial charge in [-0.1, -0.05) is 49.2 Å². The van der Waals surface area contributed by atoms with Crippen molar-refractivity contribution in [2.45, 2.75) is 72.2 Å². The van der Waals surface area contributed by atoms with Crippen LogP contribution in [0.3, 0.4) is 0 Å². The molecule has 0 amide bonds. The molecule has 0 fully saturated rings. The molecule has 0 aliphatic carbocycles. The highest BCUT2D eigenvalue weighted by atomic mass is 31.2. The largest absolute Gasteiger partial charge is 0.347 e. The highest BCUT2D eigenvalue weighted by Crippen LogP contribution is 2.70. The van der Waals surface area contributed by atoms with Crippen molar-refractivity contribution in [2.24, 2.45) is 0 Å². The molecule has 0 bridgehead atoms. The minimum atomic E-state index is -3.86. The van der Waals surface area contributed by atoms with Gasteiger partial charge in [0.25, 0.3) is 0 Å². The number of benzene rings is 1. The average Bonchev–Trinajstić information content (AvgIpc) is 3.27. The SMILES string of the molecule is CCCCCc1ccc(-c2cn(CC(P(=O)(OCC)OCC)P(=O)(OCC)OCC)nn2)cc1. The summed E-state index contributed by atoms with van der Waals surface area (Å²) >= 11 is 0. The number of hydrogen-bond donors (Lipinski definition) is 0. The van der Waals surface area contributed by atoms with Crippen LogP contribution in [0, 0.1) is 0 Å². The van der Waals surface area contributed by atoms with Gasteiger partial charge in [0.15, 0.2) is 5.40 Å². The third-order valence-corrected chi connectivity index (χ3v) is 11.1. The van der Waals surface area contributed by atoms with Gasteiger partial charge in [-0.05, 0) is 46.1 Å². The maximum absolute atomic E-state index is 13.7. The van der Waals surface area contributed by atoms with E-state index in [-0.39, 0.29) is 33.0 Å². The second kappa shape index (κ2) is 14.3. The van der Waals surface area contributed by atoms with E-state index < -0.39 is 20.6 Å². The molecule has 0 spiro atoms. The summed E-state index contributed by atoms with van der Waals surface area (Å²) in [6, 6.07) is 8.24. The van der Waals surface area contributed by atoms with Gasteiger partial charge >= 0.3 is 15.2 Å². The summed E-state index contributed by atoms with van der Waals surface area (Å²) in [6.45, 7) is 9.44. The number of aryl methyl sites for hydroxylation is 1. The minimum absolute atomic E-state index is 0.0589. The maximum atomic E-state index is 13.7. The Bertz CT molecular complexity index is 900. The van der Waals surface area contributed by atoms with Crippen LogP contribution in [-0.4, -0.2) is 46.8 Å². The number of rotatable bonds is 17. The molecule has 192 valence electrons. The second-order valence-corrected chi connectivity index (χ2v) is 12.6.